The number of aliphatic carboxylic acids is 1. The number of rotatable bonds is 5. The molecule has 3 aliphatic rings. The van der Waals surface area contributed by atoms with Crippen LogP contribution in [0.5, 0.6) is 0 Å². The first-order chi connectivity index (χ1) is 14.2. The number of halogens is 3. The van der Waals surface area contributed by atoms with E-state index in [1.165, 1.54) is 25.1 Å². The van der Waals surface area contributed by atoms with E-state index in [4.69, 9.17) is 9.90 Å². The zero-order chi connectivity index (χ0) is 21.7. The average molecular weight is 431 g/mol. The Bertz CT molecular complexity index is 729. The maximum atomic E-state index is 12.1. The van der Waals surface area contributed by atoms with Crippen molar-refractivity contribution in [3.63, 3.8) is 0 Å². The summed E-state index contributed by atoms with van der Waals surface area (Å²) in [7, 11) is 0. The zero-order valence-electron chi connectivity index (χ0n) is 16.8. The summed E-state index contributed by atoms with van der Waals surface area (Å²) in [5.74, 6) is -1.84. The molecule has 1 unspecified atom stereocenters. The molecule has 0 aromatic carbocycles. The van der Waals surface area contributed by atoms with Gasteiger partial charge in [-0.25, -0.2) is 9.59 Å². The number of carbonyl (C=O) groups excluding carboxylic acids is 1. The summed E-state index contributed by atoms with van der Waals surface area (Å²) in [6, 6.07) is 2.62. The number of alkyl halides is 3. The molecule has 0 radical (unpaired) electrons. The number of fused-ring (bicyclic) bond motifs is 1. The fraction of sp³-hybridized carbons (Fsp3) is 0.737. The molecule has 1 aromatic heterocycles. The molecule has 3 heterocycles. The predicted octanol–water partition coefficient (Wildman–Crippen LogP) is 2.48. The minimum absolute atomic E-state index is 0.105. The van der Waals surface area contributed by atoms with Crippen molar-refractivity contribution in [3.05, 3.63) is 18.0 Å². The van der Waals surface area contributed by atoms with Crippen molar-refractivity contribution in [2.24, 2.45) is 5.92 Å². The molecule has 2 aliphatic heterocycles. The van der Waals surface area contributed by atoms with Crippen LogP contribution in [0.4, 0.5) is 18.0 Å². The molecule has 1 aromatic rings. The van der Waals surface area contributed by atoms with Gasteiger partial charge in [0.2, 0.25) is 0 Å². The number of amides is 2. The summed E-state index contributed by atoms with van der Waals surface area (Å²) in [4.78, 5) is 25.5. The van der Waals surface area contributed by atoms with Crippen molar-refractivity contribution in [3.8, 4) is 0 Å². The third kappa shape index (κ3) is 6.35. The normalized spacial score (nSPS) is 21.6. The van der Waals surface area contributed by atoms with E-state index >= 15 is 0 Å². The number of carboxylic acid groups (broad SMARTS) is 1. The fourth-order valence-electron chi connectivity index (χ4n) is 3.86. The lowest BCUT2D eigenvalue weighted by Crippen LogP contribution is -2.42. The van der Waals surface area contributed by atoms with Crippen LogP contribution in [-0.4, -0.2) is 75.6 Å². The summed E-state index contributed by atoms with van der Waals surface area (Å²) in [5, 5.41) is 14.7. The number of urea groups is 1. The molecule has 0 bridgehead atoms. The third-order valence-electron chi connectivity index (χ3n) is 5.56. The van der Waals surface area contributed by atoms with Gasteiger partial charge in [-0.05, 0) is 44.1 Å². The minimum Gasteiger partial charge on any atom is -0.475 e. The minimum atomic E-state index is -5.08. The number of nitrogens with one attached hydrogen (secondary N) is 1. The predicted molar refractivity (Wildman–Crippen MR) is 102 cm³/mol. The van der Waals surface area contributed by atoms with Gasteiger partial charge in [0.25, 0.3) is 0 Å². The van der Waals surface area contributed by atoms with Crippen molar-refractivity contribution in [1.82, 2.24) is 24.9 Å². The molecule has 2 amide bonds. The summed E-state index contributed by atoms with van der Waals surface area (Å²) in [5.41, 5.74) is 1.31. The highest BCUT2D eigenvalue weighted by Gasteiger charge is 2.38. The number of aromatic nitrogens is 2. The largest absolute Gasteiger partial charge is 0.490 e. The third-order valence-corrected chi connectivity index (χ3v) is 5.56. The molecule has 2 N–H and O–H groups in total. The van der Waals surface area contributed by atoms with Gasteiger partial charge < -0.3 is 15.3 Å². The highest BCUT2D eigenvalue weighted by Crippen LogP contribution is 2.32. The summed E-state index contributed by atoms with van der Waals surface area (Å²) >= 11 is 0. The van der Waals surface area contributed by atoms with Gasteiger partial charge in [-0.15, -0.1) is 0 Å². The summed E-state index contributed by atoms with van der Waals surface area (Å²) in [6.45, 7) is 5.86. The lowest BCUT2D eigenvalue weighted by molar-refractivity contribution is -0.192. The van der Waals surface area contributed by atoms with Gasteiger partial charge in [0.1, 0.15) is 0 Å². The Balaban J connectivity index is 0.000000318. The van der Waals surface area contributed by atoms with Crippen LogP contribution in [-0.2, 0) is 11.3 Å². The highest BCUT2D eigenvalue weighted by molar-refractivity contribution is 5.74. The molecule has 0 spiro atoms. The quantitative estimate of drug-likeness (QED) is 0.748. The Morgan fingerprint density at radius 1 is 1.23 bits per heavy atom. The van der Waals surface area contributed by atoms with Gasteiger partial charge in [0.15, 0.2) is 0 Å². The van der Waals surface area contributed by atoms with Crippen LogP contribution in [0, 0.1) is 5.92 Å². The van der Waals surface area contributed by atoms with Crippen molar-refractivity contribution in [2.75, 3.05) is 32.7 Å². The molecule has 1 saturated carbocycles. The maximum Gasteiger partial charge on any atom is 0.490 e. The van der Waals surface area contributed by atoms with Gasteiger partial charge in [-0.3, -0.25) is 9.58 Å². The van der Waals surface area contributed by atoms with Crippen LogP contribution >= 0.6 is 0 Å². The molecular formula is C19H28F3N5O3. The average Bonchev–Trinajstić information content (AvgIpc) is 3.14. The van der Waals surface area contributed by atoms with E-state index in [9.17, 15) is 18.0 Å². The Morgan fingerprint density at radius 3 is 2.50 bits per heavy atom. The van der Waals surface area contributed by atoms with E-state index in [2.05, 4.69) is 26.1 Å². The number of carbonyl (C=O) groups is 2. The van der Waals surface area contributed by atoms with Crippen LogP contribution < -0.4 is 5.32 Å². The van der Waals surface area contributed by atoms with Crippen molar-refractivity contribution in [2.45, 2.75) is 50.9 Å². The first kappa shape index (κ1) is 22.4. The fourth-order valence-corrected chi connectivity index (χ4v) is 3.86. The lowest BCUT2D eigenvalue weighted by Gasteiger charge is -2.34. The number of hydrogen-bond acceptors (Lipinski definition) is 4. The van der Waals surface area contributed by atoms with Gasteiger partial charge in [0.05, 0.1) is 11.7 Å². The van der Waals surface area contributed by atoms with Crippen molar-refractivity contribution in [1.29, 1.82) is 0 Å². The molecule has 11 heteroatoms. The van der Waals surface area contributed by atoms with E-state index < -0.39 is 12.1 Å². The number of carboxylic acids is 1. The Hall–Kier alpha value is -2.30. The van der Waals surface area contributed by atoms with Crippen molar-refractivity contribution >= 4 is 12.0 Å². The lowest BCUT2D eigenvalue weighted by atomic mass is 10.1. The summed E-state index contributed by atoms with van der Waals surface area (Å²) in [6.07, 6.45) is 2.85. The van der Waals surface area contributed by atoms with E-state index in [0.717, 1.165) is 57.9 Å². The molecule has 1 saturated heterocycles. The monoisotopic (exact) mass is 431 g/mol. The van der Waals surface area contributed by atoms with Crippen molar-refractivity contribution < 1.29 is 27.9 Å². The molecule has 30 heavy (non-hydrogen) atoms. The second-order valence-electron chi connectivity index (χ2n) is 8.08. The van der Waals surface area contributed by atoms with Crippen LogP contribution in [0.15, 0.2) is 12.3 Å². The van der Waals surface area contributed by atoms with E-state index in [1.54, 1.807) is 0 Å². The molecule has 4 rings (SSSR count). The molecule has 2 fully saturated rings. The highest BCUT2D eigenvalue weighted by atomic mass is 19.4. The molecule has 1 atom stereocenters. The van der Waals surface area contributed by atoms with Gasteiger partial charge in [0, 0.05) is 45.5 Å². The second kappa shape index (κ2) is 9.67. The smallest absolute Gasteiger partial charge is 0.475 e. The number of nitrogens with zero attached hydrogens (tertiary/aromatic N) is 4. The summed E-state index contributed by atoms with van der Waals surface area (Å²) < 4.78 is 33.9. The van der Waals surface area contributed by atoms with E-state index in [-0.39, 0.29) is 6.03 Å². The van der Waals surface area contributed by atoms with E-state index in [0.29, 0.717) is 6.04 Å². The standard InChI is InChI=1S/C17H27N5O.C2HF3O2/c23-17(21-9-1-2-10-21)18-7-5-15-12-20(11-14-3-4-14)13-16-6-8-19-22(15)16;3-2(4,5)1(6)7/h6,8,14-15H,1-5,7,9-13H2,(H,18,23);(H,6,7). The second-order valence-corrected chi connectivity index (χ2v) is 8.08. The number of likely N-dealkylation sites (tertiary alicyclic amines) is 1. The first-order valence-corrected chi connectivity index (χ1v) is 10.3. The van der Waals surface area contributed by atoms with Gasteiger partial charge in [-0.2, -0.15) is 18.3 Å². The van der Waals surface area contributed by atoms with Crippen LogP contribution in [0.25, 0.3) is 0 Å². The van der Waals surface area contributed by atoms with Gasteiger partial charge in [-0.1, -0.05) is 0 Å². The molecule has 1 aliphatic carbocycles. The molecular weight excluding hydrogens is 403 g/mol. The first-order valence-electron chi connectivity index (χ1n) is 10.3. The van der Waals surface area contributed by atoms with Crippen LogP contribution in [0.3, 0.4) is 0 Å². The molecule has 168 valence electrons. The Morgan fingerprint density at radius 2 is 1.90 bits per heavy atom. The zero-order valence-corrected chi connectivity index (χ0v) is 16.8. The molecule has 8 nitrogen and oxygen atoms in total. The number of hydrogen-bond donors (Lipinski definition) is 2. The van der Waals surface area contributed by atoms with Gasteiger partial charge >= 0.3 is 18.2 Å². The Kier molecular flexibility index (Phi) is 7.22. The topological polar surface area (TPSA) is 90.7 Å². The van der Waals surface area contributed by atoms with Crippen LogP contribution in [0.2, 0.25) is 0 Å². The Labute approximate surface area is 173 Å². The SMILES string of the molecule is O=C(NCCC1CN(CC2CC2)Cc2ccnn21)N1CCCC1.O=C(O)C(F)(F)F. The van der Waals surface area contributed by atoms with E-state index in [1.807, 2.05) is 11.1 Å². The maximum absolute atomic E-state index is 12.1. The van der Waals surface area contributed by atoms with Crippen LogP contribution in [0.1, 0.15) is 43.8 Å².